The van der Waals surface area contributed by atoms with Crippen LogP contribution in [0.4, 0.5) is 5.69 Å². The molecule has 3 aromatic rings. The standard InChI is InChI=1S/C22H23N3O3S/c1-15-13-18(29-22-23-11-4-12-24-22)7-8-19(15)25-21(26)10-5-16-14-17(27-2)6-9-20(16)28-3/h4,6-9,11-14H,5,10H2,1-3H3,(H,25,26). The Bertz CT molecular complexity index is 980. The molecule has 1 heterocycles. The van der Waals surface area contributed by atoms with Crippen LogP contribution >= 0.6 is 11.8 Å². The van der Waals surface area contributed by atoms with Gasteiger partial charge >= 0.3 is 0 Å². The number of ether oxygens (including phenoxy) is 2. The first-order valence-corrected chi connectivity index (χ1v) is 9.97. The van der Waals surface area contributed by atoms with Gasteiger partial charge in [-0.1, -0.05) is 0 Å². The molecule has 0 aliphatic carbocycles. The normalized spacial score (nSPS) is 10.4. The van der Waals surface area contributed by atoms with Crippen molar-refractivity contribution in [3.8, 4) is 11.5 Å². The van der Waals surface area contributed by atoms with Crippen LogP contribution < -0.4 is 14.8 Å². The number of nitrogens with zero attached hydrogens (tertiary/aromatic N) is 2. The van der Waals surface area contributed by atoms with E-state index in [-0.39, 0.29) is 5.91 Å². The topological polar surface area (TPSA) is 73.3 Å². The highest BCUT2D eigenvalue weighted by Crippen LogP contribution is 2.28. The molecule has 0 saturated carbocycles. The number of hydrogen-bond donors (Lipinski definition) is 1. The van der Waals surface area contributed by atoms with Gasteiger partial charge in [-0.05, 0) is 78.7 Å². The Hall–Kier alpha value is -3.06. The van der Waals surface area contributed by atoms with E-state index in [0.717, 1.165) is 33.2 Å². The van der Waals surface area contributed by atoms with E-state index in [4.69, 9.17) is 9.47 Å². The van der Waals surface area contributed by atoms with Gasteiger partial charge in [0, 0.05) is 29.4 Å². The monoisotopic (exact) mass is 409 g/mol. The van der Waals surface area contributed by atoms with E-state index in [1.807, 2.05) is 43.3 Å². The molecule has 29 heavy (non-hydrogen) atoms. The van der Waals surface area contributed by atoms with Gasteiger partial charge in [0.15, 0.2) is 5.16 Å². The maximum Gasteiger partial charge on any atom is 0.224 e. The molecule has 0 saturated heterocycles. The first-order chi connectivity index (χ1) is 14.1. The number of nitrogens with one attached hydrogen (secondary N) is 1. The number of aromatic nitrogens is 2. The lowest BCUT2D eigenvalue weighted by Crippen LogP contribution is -2.13. The van der Waals surface area contributed by atoms with E-state index in [0.29, 0.717) is 18.0 Å². The molecule has 0 aliphatic heterocycles. The molecule has 1 aromatic heterocycles. The van der Waals surface area contributed by atoms with E-state index < -0.39 is 0 Å². The summed E-state index contributed by atoms with van der Waals surface area (Å²) in [5, 5.41) is 3.68. The molecule has 0 unspecified atom stereocenters. The van der Waals surface area contributed by atoms with Crippen LogP contribution in [0.15, 0.2) is 64.9 Å². The molecule has 1 N–H and O–H groups in total. The summed E-state index contributed by atoms with van der Waals surface area (Å²) in [7, 11) is 3.24. The molecule has 0 atom stereocenters. The van der Waals surface area contributed by atoms with Gasteiger partial charge in [0.2, 0.25) is 5.91 Å². The summed E-state index contributed by atoms with van der Waals surface area (Å²) >= 11 is 1.48. The Kier molecular flexibility index (Phi) is 7.08. The van der Waals surface area contributed by atoms with Gasteiger partial charge in [-0.25, -0.2) is 9.97 Å². The molecule has 0 bridgehead atoms. The minimum absolute atomic E-state index is 0.0511. The number of aryl methyl sites for hydroxylation is 2. The summed E-state index contributed by atoms with van der Waals surface area (Å²) in [6, 6.07) is 13.3. The zero-order valence-corrected chi connectivity index (χ0v) is 17.5. The fraction of sp³-hybridized carbons (Fsp3) is 0.227. The number of anilines is 1. The number of carbonyl (C=O) groups excluding carboxylic acids is 1. The third kappa shape index (κ3) is 5.71. The molecule has 6 nitrogen and oxygen atoms in total. The van der Waals surface area contributed by atoms with E-state index in [1.54, 1.807) is 32.7 Å². The second kappa shape index (κ2) is 9.93. The molecule has 0 spiro atoms. The van der Waals surface area contributed by atoms with E-state index >= 15 is 0 Å². The lowest BCUT2D eigenvalue weighted by Gasteiger charge is -2.12. The molecule has 150 valence electrons. The van der Waals surface area contributed by atoms with Crippen LogP contribution in [-0.4, -0.2) is 30.1 Å². The van der Waals surface area contributed by atoms with Crippen molar-refractivity contribution >= 4 is 23.4 Å². The molecule has 1 amide bonds. The quantitative estimate of drug-likeness (QED) is 0.551. The van der Waals surface area contributed by atoms with Crippen molar-refractivity contribution in [2.45, 2.75) is 29.8 Å². The van der Waals surface area contributed by atoms with Crippen LogP contribution in [0.3, 0.4) is 0 Å². The Balaban J connectivity index is 1.61. The maximum absolute atomic E-state index is 12.5. The lowest BCUT2D eigenvalue weighted by atomic mass is 10.1. The molecular formula is C22H23N3O3S. The summed E-state index contributed by atoms with van der Waals surface area (Å²) in [5.41, 5.74) is 2.72. The smallest absolute Gasteiger partial charge is 0.224 e. The van der Waals surface area contributed by atoms with Gasteiger partial charge in [0.25, 0.3) is 0 Å². The summed E-state index contributed by atoms with van der Waals surface area (Å²) in [6.45, 7) is 1.97. The average molecular weight is 410 g/mol. The van der Waals surface area contributed by atoms with Crippen LogP contribution in [0.2, 0.25) is 0 Å². The second-order valence-electron chi connectivity index (χ2n) is 6.34. The third-order valence-electron chi connectivity index (χ3n) is 4.33. The highest BCUT2D eigenvalue weighted by molar-refractivity contribution is 7.99. The van der Waals surface area contributed by atoms with Gasteiger partial charge in [0.05, 0.1) is 14.2 Å². The van der Waals surface area contributed by atoms with Crippen LogP contribution in [0.1, 0.15) is 17.5 Å². The van der Waals surface area contributed by atoms with Crippen LogP contribution in [-0.2, 0) is 11.2 Å². The summed E-state index contributed by atoms with van der Waals surface area (Å²) < 4.78 is 10.6. The molecule has 0 radical (unpaired) electrons. The number of carbonyl (C=O) groups is 1. The number of benzene rings is 2. The largest absolute Gasteiger partial charge is 0.497 e. The summed E-state index contributed by atoms with van der Waals surface area (Å²) in [5.74, 6) is 1.44. The number of amides is 1. The second-order valence-corrected chi connectivity index (χ2v) is 7.38. The highest BCUT2D eigenvalue weighted by atomic mass is 32.2. The Labute approximate surface area is 174 Å². The fourth-order valence-electron chi connectivity index (χ4n) is 2.82. The molecule has 3 rings (SSSR count). The average Bonchev–Trinajstić information content (AvgIpc) is 2.74. The van der Waals surface area contributed by atoms with Crippen molar-refractivity contribution in [1.29, 1.82) is 0 Å². The molecule has 0 fully saturated rings. The number of hydrogen-bond acceptors (Lipinski definition) is 6. The Morgan fingerprint density at radius 3 is 2.55 bits per heavy atom. The zero-order valence-electron chi connectivity index (χ0n) is 16.6. The van der Waals surface area contributed by atoms with E-state index in [1.165, 1.54) is 11.8 Å². The van der Waals surface area contributed by atoms with Crippen LogP contribution in [0.25, 0.3) is 0 Å². The number of rotatable bonds is 8. The van der Waals surface area contributed by atoms with E-state index in [9.17, 15) is 4.79 Å². The molecule has 2 aromatic carbocycles. The van der Waals surface area contributed by atoms with Gasteiger partial charge in [-0.15, -0.1) is 0 Å². The first-order valence-electron chi connectivity index (χ1n) is 9.15. The Morgan fingerprint density at radius 2 is 1.86 bits per heavy atom. The van der Waals surface area contributed by atoms with Crippen molar-refractivity contribution in [3.05, 3.63) is 66.0 Å². The summed E-state index contributed by atoms with van der Waals surface area (Å²) in [4.78, 5) is 21.9. The maximum atomic E-state index is 12.5. The van der Waals surface area contributed by atoms with Crippen molar-refractivity contribution in [2.75, 3.05) is 19.5 Å². The van der Waals surface area contributed by atoms with E-state index in [2.05, 4.69) is 15.3 Å². The fourth-order valence-corrected chi connectivity index (χ4v) is 3.63. The van der Waals surface area contributed by atoms with Gasteiger partial charge in [-0.3, -0.25) is 4.79 Å². The van der Waals surface area contributed by atoms with Crippen molar-refractivity contribution in [3.63, 3.8) is 0 Å². The van der Waals surface area contributed by atoms with Gasteiger partial charge in [0.1, 0.15) is 11.5 Å². The molecule has 7 heteroatoms. The lowest BCUT2D eigenvalue weighted by molar-refractivity contribution is -0.116. The van der Waals surface area contributed by atoms with Crippen molar-refractivity contribution < 1.29 is 14.3 Å². The van der Waals surface area contributed by atoms with Gasteiger partial charge < -0.3 is 14.8 Å². The predicted octanol–water partition coefficient (Wildman–Crippen LogP) is 4.52. The van der Waals surface area contributed by atoms with Crippen LogP contribution in [0.5, 0.6) is 11.5 Å². The third-order valence-corrected chi connectivity index (χ3v) is 5.22. The van der Waals surface area contributed by atoms with Crippen LogP contribution in [0, 0.1) is 6.92 Å². The van der Waals surface area contributed by atoms with Gasteiger partial charge in [-0.2, -0.15) is 0 Å². The zero-order chi connectivity index (χ0) is 20.6. The molecular weight excluding hydrogens is 386 g/mol. The first kappa shape index (κ1) is 20.7. The predicted molar refractivity (Wildman–Crippen MR) is 114 cm³/mol. The van der Waals surface area contributed by atoms with Crippen molar-refractivity contribution in [2.24, 2.45) is 0 Å². The summed E-state index contributed by atoms with van der Waals surface area (Å²) in [6.07, 6.45) is 4.34. The minimum atomic E-state index is -0.0511. The SMILES string of the molecule is COc1ccc(OC)c(CCC(=O)Nc2ccc(Sc3ncccn3)cc2C)c1. The minimum Gasteiger partial charge on any atom is -0.497 e. The number of methoxy groups -OCH3 is 2. The highest BCUT2D eigenvalue weighted by Gasteiger charge is 2.10. The molecule has 0 aliphatic rings. The van der Waals surface area contributed by atoms with Crippen molar-refractivity contribution in [1.82, 2.24) is 9.97 Å². The Morgan fingerprint density at radius 1 is 1.07 bits per heavy atom.